The summed E-state index contributed by atoms with van der Waals surface area (Å²) in [5.41, 5.74) is 0. The van der Waals surface area contributed by atoms with E-state index in [-0.39, 0.29) is 0 Å². The molecule has 1 aliphatic rings. The summed E-state index contributed by atoms with van der Waals surface area (Å²) in [5, 5.41) is 10.7. The number of fused-ring (bicyclic) bond motifs is 1. The van der Waals surface area contributed by atoms with Crippen molar-refractivity contribution in [1.82, 2.24) is 9.97 Å². The summed E-state index contributed by atoms with van der Waals surface area (Å²) in [5.74, 6) is 2.99. The Balaban J connectivity index is 1.76. The second kappa shape index (κ2) is 6.63. The molecule has 3 rings (SSSR count). The van der Waals surface area contributed by atoms with E-state index in [1.807, 2.05) is 0 Å². The molecule has 0 spiro atoms. The fourth-order valence-electron chi connectivity index (χ4n) is 2.41. The van der Waals surface area contributed by atoms with Gasteiger partial charge >= 0.3 is 0 Å². The highest BCUT2D eigenvalue weighted by Crippen LogP contribution is 2.29. The zero-order chi connectivity index (χ0) is 13.8. The molecular weight excluding hydrogens is 288 g/mol. The van der Waals surface area contributed by atoms with Crippen LogP contribution in [0.1, 0.15) is 26.2 Å². The summed E-state index contributed by atoms with van der Waals surface area (Å²) in [6.45, 7) is 3.90. The average molecular weight is 308 g/mol. The largest absolute Gasteiger partial charge is 0.368 e. The Morgan fingerprint density at radius 3 is 3.05 bits per heavy atom. The molecule has 0 saturated carbocycles. The van der Waals surface area contributed by atoms with Crippen LogP contribution in [0.15, 0.2) is 11.4 Å². The number of aromatic nitrogens is 2. The van der Waals surface area contributed by atoms with Crippen LogP contribution in [0.3, 0.4) is 0 Å². The first-order valence-corrected chi connectivity index (χ1v) is 9.14. The quantitative estimate of drug-likeness (QED) is 0.879. The van der Waals surface area contributed by atoms with E-state index in [0.29, 0.717) is 0 Å². The molecule has 1 saturated heterocycles. The monoisotopic (exact) mass is 308 g/mol. The first kappa shape index (κ1) is 13.9. The molecule has 6 heteroatoms. The number of nitrogens with zero attached hydrogens (tertiary/aromatic N) is 2. The highest BCUT2D eigenvalue weighted by atomic mass is 32.2. The van der Waals surface area contributed by atoms with Crippen LogP contribution < -0.4 is 10.6 Å². The van der Waals surface area contributed by atoms with Gasteiger partial charge in [0.1, 0.15) is 10.6 Å². The molecule has 0 aliphatic carbocycles. The maximum absolute atomic E-state index is 4.61. The van der Waals surface area contributed by atoms with E-state index in [2.05, 4.69) is 50.7 Å². The van der Waals surface area contributed by atoms with Crippen molar-refractivity contribution in [2.75, 3.05) is 29.5 Å². The second-order valence-electron chi connectivity index (χ2n) is 4.94. The molecule has 1 fully saturated rings. The van der Waals surface area contributed by atoms with Gasteiger partial charge in [0, 0.05) is 18.3 Å². The smallest absolute Gasteiger partial charge is 0.226 e. The van der Waals surface area contributed by atoms with Gasteiger partial charge in [-0.3, -0.25) is 0 Å². The lowest BCUT2D eigenvalue weighted by molar-refractivity contribution is 0.677. The topological polar surface area (TPSA) is 49.8 Å². The zero-order valence-electron chi connectivity index (χ0n) is 11.7. The van der Waals surface area contributed by atoms with Gasteiger partial charge in [0.05, 0.1) is 5.39 Å². The van der Waals surface area contributed by atoms with Gasteiger partial charge in [0.15, 0.2) is 0 Å². The standard InChI is InChI=1S/C14H20N4S2/c1-2-15-14-17-12(11-6-8-20-13(11)18-14)16-9-10-5-3-4-7-19-10/h6,8,10H,2-5,7,9H2,1H3,(H2,15,16,17,18). The molecule has 1 unspecified atom stereocenters. The summed E-state index contributed by atoms with van der Waals surface area (Å²) >= 11 is 3.75. The Morgan fingerprint density at radius 2 is 2.25 bits per heavy atom. The second-order valence-corrected chi connectivity index (χ2v) is 7.24. The van der Waals surface area contributed by atoms with Crippen molar-refractivity contribution >= 4 is 45.1 Å². The van der Waals surface area contributed by atoms with E-state index in [0.717, 1.165) is 40.3 Å². The fraction of sp³-hybridized carbons (Fsp3) is 0.571. The number of anilines is 2. The molecular formula is C14H20N4S2. The van der Waals surface area contributed by atoms with Crippen LogP contribution in [0.5, 0.6) is 0 Å². The normalized spacial score (nSPS) is 19.1. The first-order valence-electron chi connectivity index (χ1n) is 7.21. The molecule has 0 radical (unpaired) electrons. The molecule has 4 nitrogen and oxygen atoms in total. The zero-order valence-corrected chi connectivity index (χ0v) is 13.3. The van der Waals surface area contributed by atoms with Crippen molar-refractivity contribution in [3.05, 3.63) is 11.4 Å². The van der Waals surface area contributed by atoms with E-state index in [1.54, 1.807) is 11.3 Å². The minimum absolute atomic E-state index is 0.718. The van der Waals surface area contributed by atoms with Crippen LogP contribution in [0.25, 0.3) is 10.2 Å². The van der Waals surface area contributed by atoms with E-state index in [1.165, 1.54) is 25.0 Å². The lowest BCUT2D eigenvalue weighted by Crippen LogP contribution is -2.20. The van der Waals surface area contributed by atoms with Crippen molar-refractivity contribution in [3.63, 3.8) is 0 Å². The highest BCUT2D eigenvalue weighted by Gasteiger charge is 2.15. The highest BCUT2D eigenvalue weighted by molar-refractivity contribution is 7.99. The van der Waals surface area contributed by atoms with Crippen molar-refractivity contribution in [3.8, 4) is 0 Å². The summed E-state index contributed by atoms with van der Waals surface area (Å²) in [7, 11) is 0. The Labute approximate surface area is 127 Å². The van der Waals surface area contributed by atoms with Gasteiger partial charge in [0.25, 0.3) is 0 Å². The molecule has 1 aliphatic heterocycles. The lowest BCUT2D eigenvalue weighted by Gasteiger charge is -2.21. The fourth-order valence-corrected chi connectivity index (χ4v) is 4.41. The van der Waals surface area contributed by atoms with Gasteiger partial charge in [-0.15, -0.1) is 11.3 Å². The maximum atomic E-state index is 4.61. The van der Waals surface area contributed by atoms with Crippen LogP contribution in [-0.4, -0.2) is 34.1 Å². The minimum Gasteiger partial charge on any atom is -0.368 e. The third-order valence-corrected chi connectivity index (χ3v) is 5.64. The van der Waals surface area contributed by atoms with Crippen LogP contribution in [0, 0.1) is 0 Å². The Bertz CT molecular complexity index is 563. The Hall–Kier alpha value is -1.01. The van der Waals surface area contributed by atoms with Gasteiger partial charge in [-0.05, 0) is 37.0 Å². The number of rotatable bonds is 5. The minimum atomic E-state index is 0.718. The number of hydrogen-bond acceptors (Lipinski definition) is 6. The van der Waals surface area contributed by atoms with Crippen LogP contribution in [0.4, 0.5) is 11.8 Å². The molecule has 1 atom stereocenters. The van der Waals surface area contributed by atoms with Crippen molar-refractivity contribution in [2.24, 2.45) is 0 Å². The van der Waals surface area contributed by atoms with Gasteiger partial charge < -0.3 is 10.6 Å². The van der Waals surface area contributed by atoms with Crippen LogP contribution >= 0.6 is 23.1 Å². The number of thioether (sulfide) groups is 1. The molecule has 108 valence electrons. The summed E-state index contributed by atoms with van der Waals surface area (Å²) in [4.78, 5) is 10.2. The van der Waals surface area contributed by atoms with Gasteiger partial charge in [0.2, 0.25) is 5.95 Å². The molecule has 2 N–H and O–H groups in total. The van der Waals surface area contributed by atoms with Gasteiger partial charge in [-0.1, -0.05) is 6.42 Å². The van der Waals surface area contributed by atoms with Crippen LogP contribution in [-0.2, 0) is 0 Å². The van der Waals surface area contributed by atoms with E-state index >= 15 is 0 Å². The van der Waals surface area contributed by atoms with Gasteiger partial charge in [-0.2, -0.15) is 16.7 Å². The molecule has 2 aromatic heterocycles. The summed E-state index contributed by atoms with van der Waals surface area (Å²) < 4.78 is 0. The average Bonchev–Trinajstić information content (AvgIpc) is 2.95. The van der Waals surface area contributed by atoms with Gasteiger partial charge in [-0.25, -0.2) is 4.98 Å². The predicted octanol–water partition coefficient (Wildman–Crippen LogP) is 3.82. The number of nitrogens with one attached hydrogen (secondary N) is 2. The lowest BCUT2D eigenvalue weighted by atomic mass is 10.2. The SMILES string of the molecule is CCNc1nc(NCC2CCCCS2)c2ccsc2n1. The molecule has 0 bridgehead atoms. The summed E-state index contributed by atoms with van der Waals surface area (Å²) in [6.07, 6.45) is 4.04. The molecule has 0 amide bonds. The molecule has 3 heterocycles. The molecule has 0 aromatic carbocycles. The molecule has 20 heavy (non-hydrogen) atoms. The van der Waals surface area contributed by atoms with E-state index in [4.69, 9.17) is 0 Å². The van der Waals surface area contributed by atoms with Crippen molar-refractivity contribution in [1.29, 1.82) is 0 Å². The van der Waals surface area contributed by atoms with Crippen molar-refractivity contribution < 1.29 is 0 Å². The molecule has 2 aromatic rings. The Morgan fingerprint density at radius 1 is 1.30 bits per heavy atom. The predicted molar refractivity (Wildman–Crippen MR) is 90.2 cm³/mol. The third kappa shape index (κ3) is 3.17. The Kier molecular flexibility index (Phi) is 4.62. The number of thiophene rings is 1. The first-order chi connectivity index (χ1) is 9.86. The van der Waals surface area contributed by atoms with Crippen molar-refractivity contribution in [2.45, 2.75) is 31.4 Å². The van der Waals surface area contributed by atoms with E-state index in [9.17, 15) is 0 Å². The summed E-state index contributed by atoms with van der Waals surface area (Å²) in [6, 6.07) is 2.10. The maximum Gasteiger partial charge on any atom is 0.226 e. The van der Waals surface area contributed by atoms with Crippen LogP contribution in [0.2, 0.25) is 0 Å². The third-order valence-electron chi connectivity index (χ3n) is 3.43. The van der Waals surface area contributed by atoms with E-state index < -0.39 is 0 Å². The number of hydrogen-bond donors (Lipinski definition) is 2.